The molecule has 0 radical (unpaired) electrons. The minimum atomic E-state index is -0.340. The third-order valence-electron chi connectivity index (χ3n) is 3.74. The first-order valence-electron chi connectivity index (χ1n) is 8.19. The zero-order valence-electron chi connectivity index (χ0n) is 14.1. The summed E-state index contributed by atoms with van der Waals surface area (Å²) in [7, 11) is 0. The van der Waals surface area contributed by atoms with Crippen LogP contribution < -0.4 is 16.5 Å². The number of carbonyl (C=O) groups excluding carboxylic acids is 1. The average molecular weight is 335 g/mol. The van der Waals surface area contributed by atoms with Crippen LogP contribution in [0.1, 0.15) is 52.0 Å². The molecule has 0 aliphatic heterocycles. The summed E-state index contributed by atoms with van der Waals surface area (Å²) >= 11 is 0. The summed E-state index contributed by atoms with van der Waals surface area (Å²) in [5.74, 6) is 0.534. The Morgan fingerprint density at radius 3 is 2.75 bits per heavy atom. The van der Waals surface area contributed by atoms with E-state index < -0.39 is 0 Å². The molecule has 0 aromatic carbocycles. The van der Waals surface area contributed by atoms with E-state index in [1.54, 1.807) is 11.8 Å². The Morgan fingerprint density at radius 2 is 2.04 bits per heavy atom. The van der Waals surface area contributed by atoms with Gasteiger partial charge in [0, 0.05) is 19.0 Å². The van der Waals surface area contributed by atoms with Gasteiger partial charge in [0.05, 0.1) is 6.33 Å². The van der Waals surface area contributed by atoms with E-state index in [-0.39, 0.29) is 17.9 Å². The molecule has 0 aliphatic carbocycles. The van der Waals surface area contributed by atoms with Crippen molar-refractivity contribution in [1.29, 1.82) is 0 Å². The molecule has 0 aliphatic rings. The molecule has 2 rings (SSSR count). The number of hydrogen-bond acceptors (Lipinski definition) is 7. The molecule has 0 unspecified atom stereocenters. The van der Waals surface area contributed by atoms with Crippen molar-refractivity contribution < 1.29 is 10.0 Å². The number of aromatic nitrogens is 4. The fourth-order valence-electron chi connectivity index (χ4n) is 2.46. The van der Waals surface area contributed by atoms with Crippen molar-refractivity contribution in [3.8, 4) is 0 Å². The summed E-state index contributed by atoms with van der Waals surface area (Å²) < 4.78 is 1.96. The lowest BCUT2D eigenvalue weighted by Gasteiger charge is -2.09. The van der Waals surface area contributed by atoms with Gasteiger partial charge >= 0.3 is 0 Å². The number of carbonyl (C=O) groups is 1. The SMILES string of the molecule is CC(C)n1cnc2c(NCCCCCCC(=O)NO)nc(N)nc21. The highest BCUT2D eigenvalue weighted by atomic mass is 16.5. The summed E-state index contributed by atoms with van der Waals surface area (Å²) in [6, 6.07) is 0.244. The quantitative estimate of drug-likeness (QED) is 0.312. The minimum Gasteiger partial charge on any atom is -0.368 e. The first-order valence-corrected chi connectivity index (χ1v) is 8.19. The van der Waals surface area contributed by atoms with Crippen LogP contribution in [0.15, 0.2) is 6.33 Å². The summed E-state index contributed by atoms with van der Waals surface area (Å²) in [5.41, 5.74) is 8.89. The number of fused-ring (bicyclic) bond motifs is 1. The standard InChI is InChI=1S/C15H25N7O2/c1-10(2)22-9-18-12-13(19-15(16)20-14(12)22)17-8-6-4-3-5-7-11(23)21-24/h9-10,24H,3-8H2,1-2H3,(H,21,23)(H3,16,17,19,20). The van der Waals surface area contributed by atoms with Crippen molar-refractivity contribution in [1.82, 2.24) is 25.0 Å². The van der Waals surface area contributed by atoms with E-state index in [9.17, 15) is 4.79 Å². The zero-order chi connectivity index (χ0) is 17.5. The number of hydroxylamine groups is 1. The van der Waals surface area contributed by atoms with Gasteiger partial charge in [0.1, 0.15) is 0 Å². The summed E-state index contributed by atoms with van der Waals surface area (Å²) in [6.07, 6.45) is 5.71. The Balaban J connectivity index is 1.86. The molecule has 9 heteroatoms. The molecular formula is C15H25N7O2. The molecular weight excluding hydrogens is 310 g/mol. The van der Waals surface area contributed by atoms with Gasteiger partial charge in [-0.05, 0) is 26.7 Å². The molecule has 5 N–H and O–H groups in total. The Labute approximate surface area is 140 Å². The first-order chi connectivity index (χ1) is 11.5. The van der Waals surface area contributed by atoms with Crippen LogP contribution >= 0.6 is 0 Å². The van der Waals surface area contributed by atoms with Crippen molar-refractivity contribution in [2.75, 3.05) is 17.6 Å². The van der Waals surface area contributed by atoms with Crippen molar-refractivity contribution >= 4 is 28.8 Å². The topological polar surface area (TPSA) is 131 Å². The van der Waals surface area contributed by atoms with E-state index in [1.165, 1.54) is 0 Å². The molecule has 24 heavy (non-hydrogen) atoms. The highest BCUT2D eigenvalue weighted by molar-refractivity contribution is 5.84. The minimum absolute atomic E-state index is 0.224. The molecule has 0 bridgehead atoms. The normalized spacial score (nSPS) is 11.2. The Hall–Kier alpha value is -2.42. The van der Waals surface area contributed by atoms with Crippen LogP contribution in [0, 0.1) is 0 Å². The van der Waals surface area contributed by atoms with Gasteiger partial charge in [-0.15, -0.1) is 0 Å². The molecule has 0 atom stereocenters. The average Bonchev–Trinajstić information content (AvgIpc) is 2.97. The Kier molecular flexibility index (Phi) is 6.30. The van der Waals surface area contributed by atoms with Crippen LogP contribution in [0.3, 0.4) is 0 Å². The fraction of sp³-hybridized carbons (Fsp3) is 0.600. The van der Waals surface area contributed by atoms with Crippen molar-refractivity contribution in [2.24, 2.45) is 0 Å². The Bertz CT molecular complexity index is 684. The zero-order valence-corrected chi connectivity index (χ0v) is 14.1. The van der Waals surface area contributed by atoms with E-state index in [0.29, 0.717) is 12.2 Å². The van der Waals surface area contributed by atoms with E-state index in [0.717, 1.165) is 43.4 Å². The van der Waals surface area contributed by atoms with Crippen molar-refractivity contribution in [2.45, 2.75) is 52.0 Å². The van der Waals surface area contributed by atoms with E-state index >= 15 is 0 Å². The molecule has 1 amide bonds. The monoisotopic (exact) mass is 335 g/mol. The van der Waals surface area contributed by atoms with Gasteiger partial charge in [0.2, 0.25) is 11.9 Å². The predicted octanol–water partition coefficient (Wildman–Crippen LogP) is 1.86. The van der Waals surface area contributed by atoms with Crippen molar-refractivity contribution in [3.63, 3.8) is 0 Å². The fourth-order valence-corrected chi connectivity index (χ4v) is 2.46. The van der Waals surface area contributed by atoms with E-state index in [2.05, 4.69) is 34.1 Å². The van der Waals surface area contributed by atoms with Gasteiger partial charge in [-0.2, -0.15) is 9.97 Å². The molecule has 0 saturated heterocycles. The maximum atomic E-state index is 10.9. The lowest BCUT2D eigenvalue weighted by Crippen LogP contribution is -2.17. The van der Waals surface area contributed by atoms with Crippen LogP contribution in [-0.4, -0.2) is 37.2 Å². The number of hydrogen-bond donors (Lipinski definition) is 4. The second kappa shape index (κ2) is 8.44. The van der Waals surface area contributed by atoms with Crippen molar-refractivity contribution in [3.05, 3.63) is 6.33 Å². The number of nitrogen functional groups attached to an aromatic ring is 1. The number of imidazole rings is 1. The summed E-state index contributed by atoms with van der Waals surface area (Å²) in [4.78, 5) is 23.8. The number of nitrogens with zero attached hydrogens (tertiary/aromatic N) is 4. The van der Waals surface area contributed by atoms with Gasteiger partial charge in [0.15, 0.2) is 17.0 Å². The van der Waals surface area contributed by atoms with Gasteiger partial charge < -0.3 is 15.6 Å². The second-order valence-electron chi connectivity index (χ2n) is 5.97. The van der Waals surface area contributed by atoms with Gasteiger partial charge in [-0.1, -0.05) is 12.8 Å². The molecule has 2 heterocycles. The van der Waals surface area contributed by atoms with Crippen LogP contribution in [0.4, 0.5) is 11.8 Å². The van der Waals surface area contributed by atoms with E-state index in [1.807, 2.05) is 4.57 Å². The summed E-state index contributed by atoms with van der Waals surface area (Å²) in [5, 5.41) is 11.7. The number of anilines is 2. The Morgan fingerprint density at radius 1 is 1.29 bits per heavy atom. The number of nitrogens with one attached hydrogen (secondary N) is 2. The lowest BCUT2D eigenvalue weighted by molar-refractivity contribution is -0.129. The van der Waals surface area contributed by atoms with E-state index in [4.69, 9.17) is 10.9 Å². The van der Waals surface area contributed by atoms with Gasteiger partial charge in [-0.3, -0.25) is 10.0 Å². The van der Waals surface area contributed by atoms with Gasteiger partial charge in [-0.25, -0.2) is 10.5 Å². The molecule has 0 saturated carbocycles. The third-order valence-corrected chi connectivity index (χ3v) is 3.74. The number of amides is 1. The predicted molar refractivity (Wildman–Crippen MR) is 91.6 cm³/mol. The van der Waals surface area contributed by atoms with Crippen LogP contribution in [0.5, 0.6) is 0 Å². The van der Waals surface area contributed by atoms with Gasteiger partial charge in [0.25, 0.3) is 0 Å². The second-order valence-corrected chi connectivity index (χ2v) is 5.97. The number of unbranched alkanes of at least 4 members (excludes halogenated alkanes) is 3. The first kappa shape index (κ1) is 17.9. The molecule has 9 nitrogen and oxygen atoms in total. The number of rotatable bonds is 9. The third kappa shape index (κ3) is 4.54. The maximum absolute atomic E-state index is 10.9. The molecule has 0 fully saturated rings. The van der Waals surface area contributed by atoms with Crippen LogP contribution in [0.2, 0.25) is 0 Å². The molecule has 132 valence electrons. The smallest absolute Gasteiger partial charge is 0.243 e. The molecule has 2 aromatic heterocycles. The highest BCUT2D eigenvalue weighted by Crippen LogP contribution is 2.22. The van der Waals surface area contributed by atoms with Crippen LogP contribution in [-0.2, 0) is 4.79 Å². The summed E-state index contributed by atoms with van der Waals surface area (Å²) in [6.45, 7) is 4.86. The highest BCUT2D eigenvalue weighted by Gasteiger charge is 2.13. The lowest BCUT2D eigenvalue weighted by atomic mass is 10.1. The largest absolute Gasteiger partial charge is 0.368 e. The molecule has 0 spiro atoms. The van der Waals surface area contributed by atoms with Crippen LogP contribution in [0.25, 0.3) is 11.2 Å². The number of nitrogens with two attached hydrogens (primary N) is 1. The molecule has 2 aromatic rings. The maximum Gasteiger partial charge on any atom is 0.243 e.